The number of nitrogens with one attached hydrogen (secondary N) is 1. The third-order valence-corrected chi connectivity index (χ3v) is 4.65. The van der Waals surface area contributed by atoms with Crippen LogP contribution in [0.5, 0.6) is 5.75 Å². The van der Waals surface area contributed by atoms with Crippen LogP contribution in [0.25, 0.3) is 0 Å². The molecule has 1 amide bonds. The molecule has 0 saturated heterocycles. The summed E-state index contributed by atoms with van der Waals surface area (Å²) in [7, 11) is 1.60. The molecule has 2 aromatic carbocycles. The number of carbonyl (C=O) groups is 2. The van der Waals surface area contributed by atoms with Crippen molar-refractivity contribution >= 4 is 29.1 Å². The van der Waals surface area contributed by atoms with Crippen molar-refractivity contribution < 1.29 is 14.3 Å². The van der Waals surface area contributed by atoms with Crippen molar-refractivity contribution in [2.45, 2.75) is 31.1 Å². The minimum absolute atomic E-state index is 0.0262. The van der Waals surface area contributed by atoms with Gasteiger partial charge in [0.05, 0.1) is 12.9 Å². The minimum atomic E-state index is 0.0262. The first kappa shape index (κ1) is 19.1. The van der Waals surface area contributed by atoms with Gasteiger partial charge in [-0.2, -0.15) is 0 Å². The van der Waals surface area contributed by atoms with E-state index in [4.69, 9.17) is 4.74 Å². The third kappa shape index (κ3) is 6.27. The van der Waals surface area contributed by atoms with E-state index in [0.29, 0.717) is 17.7 Å². The summed E-state index contributed by atoms with van der Waals surface area (Å²) in [5.74, 6) is 1.17. The lowest BCUT2D eigenvalue weighted by atomic mass is 10.1. The number of unbranched alkanes of at least 4 members (excludes halogenated alkanes) is 1. The number of amides is 1. The molecule has 5 heteroatoms. The maximum absolute atomic E-state index is 12.3. The number of hydrogen-bond acceptors (Lipinski definition) is 4. The topological polar surface area (TPSA) is 55.4 Å². The molecule has 2 rings (SSSR count). The van der Waals surface area contributed by atoms with Crippen LogP contribution in [0, 0.1) is 0 Å². The molecule has 2 aromatic rings. The molecule has 0 unspecified atom stereocenters. The fourth-order valence-electron chi connectivity index (χ4n) is 2.23. The number of thioether (sulfide) groups is 1. The first-order valence-electron chi connectivity index (χ1n) is 8.32. The highest BCUT2D eigenvalue weighted by Gasteiger charge is 2.08. The van der Waals surface area contributed by atoms with E-state index in [1.807, 2.05) is 24.3 Å². The molecule has 0 aliphatic carbocycles. The third-order valence-electron chi connectivity index (χ3n) is 3.66. The highest BCUT2D eigenvalue weighted by atomic mass is 32.2. The Balaban J connectivity index is 1.90. The summed E-state index contributed by atoms with van der Waals surface area (Å²) in [6, 6.07) is 14.7. The van der Waals surface area contributed by atoms with E-state index in [0.717, 1.165) is 29.2 Å². The lowest BCUT2D eigenvalue weighted by molar-refractivity contribution is -0.116. The van der Waals surface area contributed by atoms with Crippen molar-refractivity contribution in [3.05, 3.63) is 54.1 Å². The summed E-state index contributed by atoms with van der Waals surface area (Å²) in [5.41, 5.74) is 1.43. The lowest BCUT2D eigenvalue weighted by Gasteiger charge is -2.07. The lowest BCUT2D eigenvalue weighted by Crippen LogP contribution is -2.10. The van der Waals surface area contributed by atoms with E-state index in [1.165, 1.54) is 11.8 Å². The highest BCUT2D eigenvalue weighted by Crippen LogP contribution is 2.23. The van der Waals surface area contributed by atoms with Gasteiger partial charge in [0.15, 0.2) is 5.78 Å². The Hall–Kier alpha value is -2.27. The molecule has 0 bridgehead atoms. The summed E-state index contributed by atoms with van der Waals surface area (Å²) < 4.78 is 5.10. The normalized spacial score (nSPS) is 10.3. The van der Waals surface area contributed by atoms with E-state index < -0.39 is 0 Å². The van der Waals surface area contributed by atoms with E-state index in [1.54, 1.807) is 31.4 Å². The number of Topliss-reactive ketones (excluding diaryl/α,β-unsaturated/α-hetero) is 1. The van der Waals surface area contributed by atoms with Gasteiger partial charge in [-0.1, -0.05) is 19.4 Å². The number of rotatable bonds is 9. The van der Waals surface area contributed by atoms with Crippen LogP contribution in [0.3, 0.4) is 0 Å². The van der Waals surface area contributed by atoms with E-state index >= 15 is 0 Å². The quantitative estimate of drug-likeness (QED) is 0.517. The Labute approximate surface area is 153 Å². The molecule has 0 spiro atoms. The Bertz CT molecular complexity index is 713. The van der Waals surface area contributed by atoms with Gasteiger partial charge in [0, 0.05) is 22.6 Å². The first-order chi connectivity index (χ1) is 12.1. The molecule has 4 nitrogen and oxygen atoms in total. The molecule has 0 aromatic heterocycles. The monoisotopic (exact) mass is 357 g/mol. The Morgan fingerprint density at radius 1 is 1.12 bits per heavy atom. The maximum atomic E-state index is 12.3. The molecule has 1 N–H and O–H groups in total. The number of benzene rings is 2. The predicted octanol–water partition coefficient (Wildman–Crippen LogP) is 4.80. The van der Waals surface area contributed by atoms with Crippen molar-refractivity contribution in [3.63, 3.8) is 0 Å². The summed E-state index contributed by atoms with van der Waals surface area (Å²) >= 11 is 1.46. The first-order valence-corrected chi connectivity index (χ1v) is 9.31. The van der Waals surface area contributed by atoms with Crippen molar-refractivity contribution in [2.24, 2.45) is 0 Å². The van der Waals surface area contributed by atoms with Crippen molar-refractivity contribution in [1.82, 2.24) is 0 Å². The van der Waals surface area contributed by atoms with Crippen molar-refractivity contribution in [1.29, 1.82) is 0 Å². The average Bonchev–Trinajstić information content (AvgIpc) is 2.65. The maximum Gasteiger partial charge on any atom is 0.224 e. The van der Waals surface area contributed by atoms with Gasteiger partial charge in [-0.3, -0.25) is 9.59 Å². The highest BCUT2D eigenvalue weighted by molar-refractivity contribution is 8.00. The van der Waals surface area contributed by atoms with E-state index in [9.17, 15) is 9.59 Å². The van der Waals surface area contributed by atoms with Crippen LogP contribution in [0.15, 0.2) is 53.4 Å². The van der Waals surface area contributed by atoms with Gasteiger partial charge < -0.3 is 10.1 Å². The number of ether oxygens (including phenoxy) is 1. The van der Waals surface area contributed by atoms with Crippen molar-refractivity contribution in [2.75, 3.05) is 18.2 Å². The molecule has 25 heavy (non-hydrogen) atoms. The zero-order valence-electron chi connectivity index (χ0n) is 14.6. The number of ketones is 1. The van der Waals surface area contributed by atoms with Gasteiger partial charge in [-0.25, -0.2) is 0 Å². The fraction of sp³-hybridized carbons (Fsp3) is 0.300. The minimum Gasteiger partial charge on any atom is -0.497 e. The van der Waals surface area contributed by atoms with Crippen LogP contribution in [-0.4, -0.2) is 24.6 Å². The molecule has 0 aliphatic heterocycles. The van der Waals surface area contributed by atoms with Gasteiger partial charge in [-0.15, -0.1) is 11.8 Å². The molecule has 0 fully saturated rings. The number of anilines is 1. The predicted molar refractivity (Wildman–Crippen MR) is 103 cm³/mol. The van der Waals surface area contributed by atoms with Crippen LogP contribution >= 0.6 is 11.8 Å². The zero-order chi connectivity index (χ0) is 18.1. The molecule has 132 valence electrons. The van der Waals surface area contributed by atoms with E-state index in [-0.39, 0.29) is 11.7 Å². The Morgan fingerprint density at radius 2 is 1.88 bits per heavy atom. The van der Waals surface area contributed by atoms with Crippen LogP contribution in [0.4, 0.5) is 5.69 Å². The van der Waals surface area contributed by atoms with Crippen LogP contribution in [0.2, 0.25) is 0 Å². The summed E-state index contributed by atoms with van der Waals surface area (Å²) in [5, 5.41) is 2.90. The summed E-state index contributed by atoms with van der Waals surface area (Å²) in [6.07, 6.45) is 2.41. The van der Waals surface area contributed by atoms with Crippen LogP contribution in [-0.2, 0) is 4.79 Å². The van der Waals surface area contributed by atoms with Gasteiger partial charge in [0.1, 0.15) is 5.75 Å². The van der Waals surface area contributed by atoms with Gasteiger partial charge in [0.2, 0.25) is 5.91 Å². The van der Waals surface area contributed by atoms with Gasteiger partial charge >= 0.3 is 0 Å². The molecular weight excluding hydrogens is 334 g/mol. The molecule has 0 radical (unpaired) electrons. The summed E-state index contributed by atoms with van der Waals surface area (Å²) in [4.78, 5) is 25.0. The number of carbonyl (C=O) groups excluding carboxylic acids is 2. The number of methoxy groups -OCH3 is 1. The Morgan fingerprint density at radius 3 is 2.56 bits per heavy atom. The molecular formula is C20H23NO3S. The average molecular weight is 357 g/mol. The second-order valence-electron chi connectivity index (χ2n) is 5.62. The van der Waals surface area contributed by atoms with E-state index in [2.05, 4.69) is 12.2 Å². The standard InChI is InChI=1S/C20H23NO3S/c1-3-4-8-20(23)21-16-6-5-7-18(13-16)25-14-19(22)15-9-11-17(24-2)12-10-15/h5-7,9-13H,3-4,8,14H2,1-2H3,(H,21,23). The van der Waals surface area contributed by atoms with Crippen LogP contribution in [0.1, 0.15) is 36.5 Å². The zero-order valence-corrected chi connectivity index (χ0v) is 15.4. The second-order valence-corrected chi connectivity index (χ2v) is 6.67. The fourth-order valence-corrected chi connectivity index (χ4v) is 3.08. The number of hydrogen-bond donors (Lipinski definition) is 1. The smallest absolute Gasteiger partial charge is 0.224 e. The molecule has 0 atom stereocenters. The largest absolute Gasteiger partial charge is 0.497 e. The molecule has 0 saturated carbocycles. The SMILES string of the molecule is CCCCC(=O)Nc1cccc(SCC(=O)c2ccc(OC)cc2)c1. The van der Waals surface area contributed by atoms with Gasteiger partial charge in [-0.05, 0) is 48.9 Å². The summed E-state index contributed by atoms with van der Waals surface area (Å²) in [6.45, 7) is 2.06. The molecule has 0 heterocycles. The Kier molecular flexibility index (Phi) is 7.54. The molecule has 0 aliphatic rings. The van der Waals surface area contributed by atoms with Gasteiger partial charge in [0.25, 0.3) is 0 Å². The van der Waals surface area contributed by atoms with Crippen molar-refractivity contribution in [3.8, 4) is 5.75 Å². The second kappa shape index (κ2) is 9.89. The van der Waals surface area contributed by atoms with Crippen LogP contribution < -0.4 is 10.1 Å².